The topological polar surface area (TPSA) is 119 Å². The van der Waals surface area contributed by atoms with Gasteiger partial charge in [-0.15, -0.1) is 5.10 Å². The van der Waals surface area contributed by atoms with Crippen LogP contribution in [0, 0.1) is 0 Å². The second-order valence-corrected chi connectivity index (χ2v) is 5.61. The van der Waals surface area contributed by atoms with Gasteiger partial charge >= 0.3 is 5.97 Å². The van der Waals surface area contributed by atoms with E-state index in [1.807, 2.05) is 0 Å². The number of aliphatic carboxylic acids is 1. The number of hydrogen-bond acceptors (Lipinski definition) is 7. The van der Waals surface area contributed by atoms with Crippen LogP contribution in [0.3, 0.4) is 0 Å². The number of carboxylic acid groups (broad SMARTS) is 1. The van der Waals surface area contributed by atoms with Gasteiger partial charge in [-0.2, -0.15) is 0 Å². The van der Waals surface area contributed by atoms with Gasteiger partial charge in [0.2, 0.25) is 11.1 Å². The van der Waals surface area contributed by atoms with Crippen molar-refractivity contribution in [3.8, 4) is 0 Å². The number of carbonyl (C=O) groups excluding carboxylic acids is 1. The average Bonchev–Trinajstić information content (AvgIpc) is 3.19. The molecule has 0 saturated heterocycles. The van der Waals surface area contributed by atoms with Crippen molar-refractivity contribution in [2.45, 2.75) is 36.5 Å². The molecule has 1 aliphatic rings. The Kier molecular flexibility index (Phi) is 5.51. The summed E-state index contributed by atoms with van der Waals surface area (Å²) in [7, 11) is 1.48. The van der Waals surface area contributed by atoms with Crippen molar-refractivity contribution >= 4 is 23.6 Å². The van der Waals surface area contributed by atoms with Crippen LogP contribution in [0.5, 0.6) is 0 Å². The summed E-state index contributed by atoms with van der Waals surface area (Å²) in [5, 5.41) is 23.4. The number of nitrogens with one attached hydrogen (secondary N) is 1. The fraction of sp³-hybridized carbons (Fsp3) is 0.727. The molecule has 1 heterocycles. The largest absolute Gasteiger partial charge is 0.480 e. The molecule has 1 fully saturated rings. The van der Waals surface area contributed by atoms with Gasteiger partial charge in [0.1, 0.15) is 6.04 Å². The number of ether oxygens (including phenoxy) is 1. The highest BCUT2D eigenvalue weighted by Crippen LogP contribution is 2.36. The van der Waals surface area contributed by atoms with E-state index in [0.29, 0.717) is 11.2 Å². The van der Waals surface area contributed by atoms with Crippen LogP contribution in [-0.4, -0.2) is 62.7 Å². The van der Waals surface area contributed by atoms with Gasteiger partial charge < -0.3 is 15.2 Å². The van der Waals surface area contributed by atoms with E-state index < -0.39 is 12.0 Å². The number of nitrogens with zero attached hydrogens (tertiary/aromatic N) is 4. The molecule has 10 heteroatoms. The van der Waals surface area contributed by atoms with Crippen LogP contribution in [0.15, 0.2) is 5.16 Å². The molecular weight excluding hydrogens is 298 g/mol. The zero-order chi connectivity index (χ0) is 15.2. The Hall–Kier alpha value is -1.68. The normalized spacial score (nSPS) is 15.7. The number of aromatic nitrogens is 4. The van der Waals surface area contributed by atoms with E-state index in [1.165, 1.54) is 18.9 Å². The first kappa shape index (κ1) is 15.7. The number of rotatable bonds is 9. The molecule has 1 amide bonds. The predicted octanol–water partition coefficient (Wildman–Crippen LogP) is -0.294. The van der Waals surface area contributed by atoms with Crippen LogP contribution in [0.4, 0.5) is 0 Å². The van der Waals surface area contributed by atoms with Crippen LogP contribution in [0.1, 0.15) is 25.3 Å². The lowest BCUT2D eigenvalue weighted by atomic mass is 10.2. The summed E-state index contributed by atoms with van der Waals surface area (Å²) in [5.41, 5.74) is 0. The highest BCUT2D eigenvalue weighted by molar-refractivity contribution is 7.99. The zero-order valence-corrected chi connectivity index (χ0v) is 12.4. The van der Waals surface area contributed by atoms with E-state index in [4.69, 9.17) is 9.84 Å². The zero-order valence-electron chi connectivity index (χ0n) is 11.6. The Morgan fingerprint density at radius 1 is 1.57 bits per heavy atom. The fourth-order valence-electron chi connectivity index (χ4n) is 1.69. The molecule has 9 nitrogen and oxygen atoms in total. The minimum Gasteiger partial charge on any atom is -0.480 e. The molecule has 116 valence electrons. The van der Waals surface area contributed by atoms with Crippen molar-refractivity contribution in [1.82, 2.24) is 25.5 Å². The van der Waals surface area contributed by atoms with Gasteiger partial charge in [0.25, 0.3) is 0 Å². The molecule has 0 radical (unpaired) electrons. The van der Waals surface area contributed by atoms with Gasteiger partial charge in [0, 0.05) is 20.1 Å². The third-order valence-corrected chi connectivity index (χ3v) is 3.87. The summed E-state index contributed by atoms with van der Waals surface area (Å²) in [6, 6.07) is -0.614. The minimum atomic E-state index is -1.08. The summed E-state index contributed by atoms with van der Waals surface area (Å²) in [5.74, 6) is -1.37. The number of tetrazole rings is 1. The van der Waals surface area contributed by atoms with E-state index in [9.17, 15) is 9.59 Å². The summed E-state index contributed by atoms with van der Waals surface area (Å²) < 4.78 is 6.53. The highest BCUT2D eigenvalue weighted by atomic mass is 32.2. The van der Waals surface area contributed by atoms with Gasteiger partial charge in [-0.05, 0) is 23.3 Å². The van der Waals surface area contributed by atoms with E-state index in [0.717, 1.165) is 12.8 Å². The Labute approximate surface area is 125 Å². The van der Waals surface area contributed by atoms with Crippen molar-refractivity contribution in [2.24, 2.45) is 0 Å². The van der Waals surface area contributed by atoms with Gasteiger partial charge in [0.05, 0.1) is 11.8 Å². The first-order valence-electron chi connectivity index (χ1n) is 6.53. The number of carboxylic acids is 1. The SMILES string of the molecule is COCCC(NC(=O)CSc1nnnn1C1CC1)C(=O)O. The summed E-state index contributed by atoms with van der Waals surface area (Å²) >= 11 is 1.20. The molecule has 1 atom stereocenters. The van der Waals surface area contributed by atoms with Gasteiger partial charge in [-0.3, -0.25) is 4.79 Å². The summed E-state index contributed by atoms with van der Waals surface area (Å²) in [4.78, 5) is 22.8. The standard InChI is InChI=1S/C11H17N5O4S/c1-20-5-4-8(10(18)19)12-9(17)6-21-11-13-14-15-16(11)7-2-3-7/h7-8H,2-6H2,1H3,(H,12,17)(H,18,19). The number of hydrogen-bond donors (Lipinski definition) is 2. The number of carbonyl (C=O) groups is 2. The Morgan fingerprint density at radius 2 is 2.33 bits per heavy atom. The van der Waals surface area contributed by atoms with E-state index in [1.54, 1.807) is 4.68 Å². The van der Waals surface area contributed by atoms with Crippen LogP contribution >= 0.6 is 11.8 Å². The van der Waals surface area contributed by atoms with Crippen molar-refractivity contribution in [3.63, 3.8) is 0 Å². The minimum absolute atomic E-state index is 0.0733. The molecule has 2 N–H and O–H groups in total. The quantitative estimate of drug-likeness (QED) is 0.596. The number of methoxy groups -OCH3 is 1. The second kappa shape index (κ2) is 7.36. The molecule has 0 aromatic carbocycles. The van der Waals surface area contributed by atoms with Crippen molar-refractivity contribution in [3.05, 3.63) is 0 Å². The van der Waals surface area contributed by atoms with E-state index in [2.05, 4.69) is 20.8 Å². The predicted molar refractivity (Wildman–Crippen MR) is 72.9 cm³/mol. The molecule has 2 rings (SSSR count). The monoisotopic (exact) mass is 315 g/mol. The first-order chi connectivity index (χ1) is 10.1. The molecule has 1 saturated carbocycles. The highest BCUT2D eigenvalue weighted by Gasteiger charge is 2.28. The lowest BCUT2D eigenvalue weighted by molar-refractivity contribution is -0.142. The van der Waals surface area contributed by atoms with Crippen molar-refractivity contribution in [1.29, 1.82) is 0 Å². The lowest BCUT2D eigenvalue weighted by Gasteiger charge is -2.13. The number of amides is 1. The third kappa shape index (κ3) is 4.67. The Morgan fingerprint density at radius 3 is 2.95 bits per heavy atom. The Balaban J connectivity index is 1.80. The second-order valence-electron chi connectivity index (χ2n) is 4.67. The van der Waals surface area contributed by atoms with Gasteiger partial charge in [-0.25, -0.2) is 9.48 Å². The third-order valence-electron chi connectivity index (χ3n) is 2.93. The van der Waals surface area contributed by atoms with Crippen molar-refractivity contribution < 1.29 is 19.4 Å². The Bertz CT molecular complexity index is 505. The smallest absolute Gasteiger partial charge is 0.326 e. The maximum absolute atomic E-state index is 11.8. The van der Waals surface area contributed by atoms with Crippen molar-refractivity contribution in [2.75, 3.05) is 19.5 Å². The molecule has 1 unspecified atom stereocenters. The summed E-state index contributed by atoms with van der Waals surface area (Å²) in [6.45, 7) is 0.268. The lowest BCUT2D eigenvalue weighted by Crippen LogP contribution is -2.42. The molecule has 1 aromatic rings. The molecular formula is C11H17N5O4S. The maximum atomic E-state index is 11.8. The molecule has 1 aromatic heterocycles. The van der Waals surface area contributed by atoms with Crippen LogP contribution in [-0.2, 0) is 14.3 Å². The van der Waals surface area contributed by atoms with Crippen LogP contribution < -0.4 is 5.32 Å². The maximum Gasteiger partial charge on any atom is 0.326 e. The van der Waals surface area contributed by atoms with Crippen LogP contribution in [0.25, 0.3) is 0 Å². The van der Waals surface area contributed by atoms with Gasteiger partial charge in [0.15, 0.2) is 0 Å². The van der Waals surface area contributed by atoms with Gasteiger partial charge in [-0.1, -0.05) is 11.8 Å². The summed E-state index contributed by atoms with van der Waals surface area (Å²) in [6.07, 6.45) is 2.31. The molecule has 0 bridgehead atoms. The van der Waals surface area contributed by atoms with Crippen LogP contribution in [0.2, 0.25) is 0 Å². The van der Waals surface area contributed by atoms with E-state index >= 15 is 0 Å². The molecule has 0 aliphatic heterocycles. The molecule has 21 heavy (non-hydrogen) atoms. The average molecular weight is 315 g/mol. The fourth-order valence-corrected chi connectivity index (χ4v) is 2.44. The molecule has 1 aliphatic carbocycles. The number of thioether (sulfide) groups is 1. The first-order valence-corrected chi connectivity index (χ1v) is 7.52. The molecule has 0 spiro atoms. The van der Waals surface area contributed by atoms with E-state index in [-0.39, 0.29) is 24.7 Å².